The molecule has 1 saturated carbocycles. The number of carbonyl (C=O) groups is 2. The number of carboxylic acid groups (broad SMARTS) is 1. The molecule has 2 N–H and O–H groups in total. The first kappa shape index (κ1) is 17.4. The molecule has 6 heteroatoms. The van der Waals surface area contributed by atoms with Crippen LogP contribution in [0.3, 0.4) is 0 Å². The molecular weight excluding hydrogens is 301 g/mol. The topological polar surface area (TPSA) is 75.6 Å². The Morgan fingerprint density at radius 2 is 2.09 bits per heavy atom. The molecule has 1 aromatic carbocycles. The minimum Gasteiger partial charge on any atom is -0.480 e. The largest absolute Gasteiger partial charge is 0.480 e. The van der Waals surface area contributed by atoms with Gasteiger partial charge in [0, 0.05) is 20.1 Å². The van der Waals surface area contributed by atoms with E-state index in [0.29, 0.717) is 18.4 Å². The highest BCUT2D eigenvalue weighted by molar-refractivity contribution is 5.91. The van der Waals surface area contributed by atoms with E-state index >= 15 is 0 Å². The third-order valence-electron chi connectivity index (χ3n) is 4.48. The van der Waals surface area contributed by atoms with Gasteiger partial charge in [-0.25, -0.2) is 9.18 Å². The molecule has 1 aliphatic carbocycles. The summed E-state index contributed by atoms with van der Waals surface area (Å²) in [4.78, 5) is 24.1. The lowest BCUT2D eigenvalue weighted by Gasteiger charge is -2.30. The van der Waals surface area contributed by atoms with Crippen LogP contribution in [0.4, 0.5) is 4.39 Å². The van der Waals surface area contributed by atoms with Crippen molar-refractivity contribution in [2.24, 2.45) is 0 Å². The van der Waals surface area contributed by atoms with Crippen LogP contribution in [0, 0.1) is 5.82 Å². The lowest BCUT2D eigenvalue weighted by atomic mass is 9.77. The Hall–Kier alpha value is -1.95. The van der Waals surface area contributed by atoms with Gasteiger partial charge >= 0.3 is 5.97 Å². The number of aliphatic carboxylic acids is 1. The molecule has 1 fully saturated rings. The molecule has 0 saturated heterocycles. The highest BCUT2D eigenvalue weighted by Crippen LogP contribution is 2.41. The fourth-order valence-corrected chi connectivity index (χ4v) is 3.20. The number of carboxylic acids is 1. The average molecular weight is 323 g/mol. The summed E-state index contributed by atoms with van der Waals surface area (Å²) in [5, 5.41) is 11.9. The monoisotopic (exact) mass is 323 g/mol. The molecule has 0 spiro atoms. The zero-order chi connectivity index (χ0) is 16.9. The predicted molar refractivity (Wildman–Crippen MR) is 82.6 cm³/mol. The maximum Gasteiger partial charge on any atom is 0.326 e. The van der Waals surface area contributed by atoms with Gasteiger partial charge in [0.2, 0.25) is 5.91 Å². The molecule has 0 heterocycles. The minimum absolute atomic E-state index is 0.191. The number of methoxy groups -OCH3 is 1. The van der Waals surface area contributed by atoms with Gasteiger partial charge in [-0.05, 0) is 30.5 Å². The standard InChI is InChI=1S/C17H22FNO4/c1-23-10-7-14(15(20)21)19-16(22)17(8-2-3-9-17)12-5-4-6-13(18)11-12/h4-6,11,14H,2-3,7-10H2,1H3,(H,19,22)(H,20,21). The van der Waals surface area contributed by atoms with Crippen molar-refractivity contribution in [2.75, 3.05) is 13.7 Å². The zero-order valence-corrected chi connectivity index (χ0v) is 13.2. The molecule has 0 aromatic heterocycles. The van der Waals surface area contributed by atoms with Gasteiger partial charge in [-0.15, -0.1) is 0 Å². The van der Waals surface area contributed by atoms with Gasteiger partial charge < -0.3 is 15.2 Å². The Morgan fingerprint density at radius 1 is 1.39 bits per heavy atom. The van der Waals surface area contributed by atoms with Crippen molar-refractivity contribution in [2.45, 2.75) is 43.6 Å². The van der Waals surface area contributed by atoms with E-state index in [1.807, 2.05) is 0 Å². The van der Waals surface area contributed by atoms with Crippen molar-refractivity contribution < 1.29 is 23.8 Å². The quantitative estimate of drug-likeness (QED) is 0.807. The molecule has 2 rings (SSSR count). The van der Waals surface area contributed by atoms with Crippen LogP contribution in [0.2, 0.25) is 0 Å². The number of benzene rings is 1. The SMILES string of the molecule is COCCC(NC(=O)C1(c2cccc(F)c2)CCCC1)C(=O)O. The average Bonchev–Trinajstić information content (AvgIpc) is 3.02. The molecule has 1 unspecified atom stereocenters. The fraction of sp³-hybridized carbons (Fsp3) is 0.529. The van der Waals surface area contributed by atoms with Gasteiger partial charge in [-0.3, -0.25) is 4.79 Å². The van der Waals surface area contributed by atoms with Gasteiger partial charge in [0.25, 0.3) is 0 Å². The summed E-state index contributed by atoms with van der Waals surface area (Å²) in [7, 11) is 1.48. The highest BCUT2D eigenvalue weighted by atomic mass is 19.1. The summed E-state index contributed by atoms with van der Waals surface area (Å²) >= 11 is 0. The molecule has 0 radical (unpaired) electrons. The van der Waals surface area contributed by atoms with Crippen LogP contribution in [-0.2, 0) is 19.7 Å². The maximum absolute atomic E-state index is 13.6. The molecule has 1 aliphatic rings. The normalized spacial score (nSPS) is 17.7. The second-order valence-electron chi connectivity index (χ2n) is 5.95. The highest BCUT2D eigenvalue weighted by Gasteiger charge is 2.44. The van der Waals surface area contributed by atoms with Crippen LogP contribution in [0.25, 0.3) is 0 Å². The summed E-state index contributed by atoms with van der Waals surface area (Å²) in [6, 6.07) is 5.02. The second-order valence-corrected chi connectivity index (χ2v) is 5.95. The minimum atomic E-state index is -1.09. The Labute approximate surface area is 134 Å². The lowest BCUT2D eigenvalue weighted by Crippen LogP contribution is -2.50. The number of amides is 1. The van der Waals surface area contributed by atoms with Crippen molar-refractivity contribution in [3.63, 3.8) is 0 Å². The number of carbonyl (C=O) groups excluding carboxylic acids is 1. The van der Waals surface area contributed by atoms with Gasteiger partial charge in [-0.2, -0.15) is 0 Å². The maximum atomic E-state index is 13.6. The van der Waals surface area contributed by atoms with Crippen LogP contribution in [0.15, 0.2) is 24.3 Å². The van der Waals surface area contributed by atoms with E-state index in [2.05, 4.69) is 5.32 Å². The van der Waals surface area contributed by atoms with Crippen molar-refractivity contribution in [1.29, 1.82) is 0 Å². The van der Waals surface area contributed by atoms with Gasteiger partial charge in [0.1, 0.15) is 11.9 Å². The number of hydrogen-bond acceptors (Lipinski definition) is 3. The Bertz CT molecular complexity index is 569. The van der Waals surface area contributed by atoms with Crippen LogP contribution in [-0.4, -0.2) is 36.7 Å². The molecule has 0 bridgehead atoms. The van der Waals surface area contributed by atoms with E-state index < -0.39 is 23.2 Å². The molecule has 1 atom stereocenters. The number of halogens is 1. The summed E-state index contributed by atoms with van der Waals surface area (Å²) in [5.41, 5.74) is -0.230. The van der Waals surface area contributed by atoms with Crippen LogP contribution < -0.4 is 5.32 Å². The first-order valence-corrected chi connectivity index (χ1v) is 7.78. The number of ether oxygens (including phenoxy) is 1. The summed E-state index contributed by atoms with van der Waals surface area (Å²) < 4.78 is 18.5. The van der Waals surface area contributed by atoms with E-state index in [4.69, 9.17) is 4.74 Å². The Morgan fingerprint density at radius 3 is 2.65 bits per heavy atom. The predicted octanol–water partition coefficient (Wildman–Crippen LogP) is 2.24. The summed E-state index contributed by atoms with van der Waals surface area (Å²) in [6.07, 6.45) is 3.11. The first-order valence-electron chi connectivity index (χ1n) is 7.78. The number of rotatable bonds is 7. The fourth-order valence-electron chi connectivity index (χ4n) is 3.20. The summed E-state index contributed by atoms with van der Waals surface area (Å²) in [6.45, 7) is 0.240. The first-order chi connectivity index (χ1) is 11.0. The number of nitrogens with one attached hydrogen (secondary N) is 1. The van der Waals surface area contributed by atoms with E-state index in [0.717, 1.165) is 12.8 Å². The van der Waals surface area contributed by atoms with E-state index in [1.165, 1.54) is 19.2 Å². The molecule has 0 aliphatic heterocycles. The van der Waals surface area contributed by atoms with Crippen molar-refractivity contribution in [3.05, 3.63) is 35.6 Å². The van der Waals surface area contributed by atoms with Gasteiger partial charge in [-0.1, -0.05) is 25.0 Å². The van der Waals surface area contributed by atoms with Crippen LogP contribution in [0.1, 0.15) is 37.7 Å². The lowest BCUT2D eigenvalue weighted by molar-refractivity contribution is -0.143. The van der Waals surface area contributed by atoms with E-state index in [9.17, 15) is 19.1 Å². The van der Waals surface area contributed by atoms with Crippen molar-refractivity contribution in [1.82, 2.24) is 5.32 Å². The number of hydrogen-bond donors (Lipinski definition) is 2. The van der Waals surface area contributed by atoms with Crippen LogP contribution >= 0.6 is 0 Å². The Kier molecular flexibility index (Phi) is 5.71. The van der Waals surface area contributed by atoms with Gasteiger partial charge in [0.15, 0.2) is 0 Å². The second kappa shape index (κ2) is 7.55. The Balaban J connectivity index is 2.23. The third kappa shape index (κ3) is 3.88. The third-order valence-corrected chi connectivity index (χ3v) is 4.48. The molecule has 1 amide bonds. The van der Waals surface area contributed by atoms with E-state index in [1.54, 1.807) is 12.1 Å². The molecule has 126 valence electrons. The molecule has 23 heavy (non-hydrogen) atoms. The zero-order valence-electron chi connectivity index (χ0n) is 13.2. The summed E-state index contributed by atoms with van der Waals surface area (Å²) in [5.74, 6) is -1.83. The van der Waals surface area contributed by atoms with Crippen molar-refractivity contribution >= 4 is 11.9 Å². The van der Waals surface area contributed by atoms with Gasteiger partial charge in [0.05, 0.1) is 5.41 Å². The molecular formula is C17H22FNO4. The smallest absolute Gasteiger partial charge is 0.326 e. The van der Waals surface area contributed by atoms with E-state index in [-0.39, 0.29) is 18.9 Å². The molecule has 5 nitrogen and oxygen atoms in total. The van der Waals surface area contributed by atoms with Crippen LogP contribution in [0.5, 0.6) is 0 Å². The molecule has 1 aromatic rings. The van der Waals surface area contributed by atoms with Crippen molar-refractivity contribution in [3.8, 4) is 0 Å².